The smallest absolute Gasteiger partial charge is 0.263 e. The fourth-order valence-electron chi connectivity index (χ4n) is 2.15. The highest BCUT2D eigenvalue weighted by Crippen LogP contribution is 2.25. The van der Waals surface area contributed by atoms with Gasteiger partial charge >= 0.3 is 0 Å². The number of rotatable bonds is 5. The third-order valence-corrected chi connectivity index (χ3v) is 4.12. The van der Waals surface area contributed by atoms with E-state index in [1.165, 1.54) is 11.3 Å². The average Bonchev–Trinajstić information content (AvgIpc) is 2.88. The maximum atomic E-state index is 12.2. The largest absolute Gasteiger partial charge is 0.346 e. The van der Waals surface area contributed by atoms with Gasteiger partial charge in [0.25, 0.3) is 5.91 Å². The predicted molar refractivity (Wildman–Crippen MR) is 84.0 cm³/mol. The van der Waals surface area contributed by atoms with Crippen LogP contribution in [0.15, 0.2) is 36.5 Å². The highest BCUT2D eigenvalue weighted by Gasteiger charge is 2.21. The number of amides is 1. The second-order valence-corrected chi connectivity index (χ2v) is 6.51. The number of nitrogens with one attached hydrogen (secondary N) is 1. The molecule has 3 nitrogen and oxygen atoms in total. The summed E-state index contributed by atoms with van der Waals surface area (Å²) < 4.78 is 0. The van der Waals surface area contributed by atoms with Crippen LogP contribution >= 0.6 is 11.3 Å². The number of carbonyl (C=O) groups is 1. The van der Waals surface area contributed by atoms with Gasteiger partial charge in [-0.3, -0.25) is 4.79 Å². The van der Waals surface area contributed by atoms with Crippen molar-refractivity contribution in [3.63, 3.8) is 0 Å². The molecule has 1 amide bonds. The minimum Gasteiger partial charge on any atom is -0.346 e. The molecule has 4 heteroatoms. The molecular formula is C16H20N2OS. The molecule has 0 radical (unpaired) electrons. The molecule has 0 saturated carbocycles. The fourth-order valence-corrected chi connectivity index (χ4v) is 2.97. The minimum absolute atomic E-state index is 0.0388. The molecule has 0 atom stereocenters. The van der Waals surface area contributed by atoms with Crippen LogP contribution in [0.3, 0.4) is 0 Å². The molecule has 0 saturated heterocycles. The molecule has 0 fully saturated rings. The van der Waals surface area contributed by atoms with Crippen LogP contribution in [-0.4, -0.2) is 16.4 Å². The van der Waals surface area contributed by atoms with Gasteiger partial charge in [0.1, 0.15) is 9.88 Å². The van der Waals surface area contributed by atoms with Crippen molar-refractivity contribution in [1.29, 1.82) is 0 Å². The van der Waals surface area contributed by atoms with Crippen molar-refractivity contribution in [2.24, 2.45) is 0 Å². The Kier molecular flexibility index (Phi) is 4.55. The zero-order chi connectivity index (χ0) is 14.6. The third kappa shape index (κ3) is 3.67. The Morgan fingerprint density at radius 1 is 1.30 bits per heavy atom. The van der Waals surface area contributed by atoms with Crippen molar-refractivity contribution in [3.05, 3.63) is 41.4 Å². The van der Waals surface area contributed by atoms with E-state index in [2.05, 4.69) is 17.2 Å². The van der Waals surface area contributed by atoms with Crippen LogP contribution < -0.4 is 5.32 Å². The highest BCUT2D eigenvalue weighted by molar-refractivity contribution is 7.16. The first-order valence-electron chi connectivity index (χ1n) is 6.85. The van der Waals surface area contributed by atoms with Crippen LogP contribution in [0.25, 0.3) is 10.6 Å². The first kappa shape index (κ1) is 14.7. The molecule has 1 N–H and O–H groups in total. The average molecular weight is 288 g/mol. The summed E-state index contributed by atoms with van der Waals surface area (Å²) in [4.78, 5) is 17.2. The summed E-state index contributed by atoms with van der Waals surface area (Å²) in [6.07, 6.45) is 3.67. The van der Waals surface area contributed by atoms with E-state index < -0.39 is 0 Å². The topological polar surface area (TPSA) is 42.0 Å². The lowest BCUT2D eigenvalue weighted by atomic mass is 9.99. The van der Waals surface area contributed by atoms with Crippen molar-refractivity contribution in [3.8, 4) is 10.6 Å². The van der Waals surface area contributed by atoms with Gasteiger partial charge in [0.15, 0.2) is 0 Å². The molecule has 106 valence electrons. The molecular weight excluding hydrogens is 268 g/mol. The Bertz CT molecular complexity index is 575. The van der Waals surface area contributed by atoms with Crippen molar-refractivity contribution in [1.82, 2.24) is 10.3 Å². The van der Waals surface area contributed by atoms with E-state index in [0.29, 0.717) is 4.88 Å². The molecule has 0 spiro atoms. The lowest BCUT2D eigenvalue weighted by molar-refractivity contribution is 0.0913. The molecule has 0 aliphatic heterocycles. The van der Waals surface area contributed by atoms with Crippen LogP contribution in [0.1, 0.15) is 43.3 Å². The summed E-state index contributed by atoms with van der Waals surface area (Å²) in [6, 6.07) is 9.92. The van der Waals surface area contributed by atoms with Crippen molar-refractivity contribution >= 4 is 17.2 Å². The quantitative estimate of drug-likeness (QED) is 0.899. The maximum Gasteiger partial charge on any atom is 0.263 e. The SMILES string of the molecule is CCCC(C)(C)NC(=O)c1cnc(-c2ccccc2)s1. The maximum absolute atomic E-state index is 12.2. The summed E-state index contributed by atoms with van der Waals surface area (Å²) in [6.45, 7) is 6.22. The second kappa shape index (κ2) is 6.18. The van der Waals surface area contributed by atoms with E-state index in [9.17, 15) is 4.79 Å². The van der Waals surface area contributed by atoms with E-state index in [0.717, 1.165) is 23.4 Å². The number of hydrogen-bond donors (Lipinski definition) is 1. The normalized spacial score (nSPS) is 11.3. The monoisotopic (exact) mass is 288 g/mol. The van der Waals surface area contributed by atoms with E-state index in [4.69, 9.17) is 0 Å². The van der Waals surface area contributed by atoms with Crippen LogP contribution in [0.2, 0.25) is 0 Å². The molecule has 2 rings (SSSR count). The number of benzene rings is 1. The lowest BCUT2D eigenvalue weighted by Crippen LogP contribution is -2.42. The zero-order valence-corrected chi connectivity index (χ0v) is 13.0. The number of aromatic nitrogens is 1. The molecule has 2 aromatic rings. The zero-order valence-electron chi connectivity index (χ0n) is 12.1. The van der Waals surface area contributed by atoms with Gasteiger partial charge in [-0.05, 0) is 20.3 Å². The van der Waals surface area contributed by atoms with E-state index in [-0.39, 0.29) is 11.4 Å². The van der Waals surface area contributed by atoms with Crippen molar-refractivity contribution in [2.45, 2.75) is 39.2 Å². The summed E-state index contributed by atoms with van der Waals surface area (Å²) >= 11 is 1.43. The Labute approximate surface area is 124 Å². The number of nitrogens with zero attached hydrogens (tertiary/aromatic N) is 1. The Morgan fingerprint density at radius 2 is 2.00 bits per heavy atom. The summed E-state index contributed by atoms with van der Waals surface area (Å²) in [5.41, 5.74) is 0.868. The van der Waals surface area contributed by atoms with Crippen LogP contribution in [0.5, 0.6) is 0 Å². The van der Waals surface area contributed by atoms with E-state index in [1.54, 1.807) is 6.20 Å². The van der Waals surface area contributed by atoms with Gasteiger partial charge < -0.3 is 5.32 Å². The predicted octanol–water partition coefficient (Wildman–Crippen LogP) is 4.12. The van der Waals surface area contributed by atoms with Gasteiger partial charge in [0, 0.05) is 11.1 Å². The van der Waals surface area contributed by atoms with E-state index >= 15 is 0 Å². The van der Waals surface area contributed by atoms with Gasteiger partial charge in [-0.15, -0.1) is 11.3 Å². The molecule has 1 aromatic heterocycles. The fraction of sp³-hybridized carbons (Fsp3) is 0.375. The minimum atomic E-state index is -0.178. The summed E-state index contributed by atoms with van der Waals surface area (Å²) in [5, 5.41) is 3.95. The summed E-state index contributed by atoms with van der Waals surface area (Å²) in [7, 11) is 0. The molecule has 0 aliphatic carbocycles. The lowest BCUT2D eigenvalue weighted by Gasteiger charge is -2.25. The highest BCUT2D eigenvalue weighted by atomic mass is 32.1. The first-order chi connectivity index (χ1) is 9.52. The number of thiazole rings is 1. The van der Waals surface area contributed by atoms with Gasteiger partial charge in [-0.2, -0.15) is 0 Å². The molecule has 1 aromatic carbocycles. The molecule has 1 heterocycles. The number of hydrogen-bond acceptors (Lipinski definition) is 3. The molecule has 0 aliphatic rings. The van der Waals surface area contributed by atoms with Gasteiger partial charge in [-0.1, -0.05) is 43.7 Å². The number of carbonyl (C=O) groups excluding carboxylic acids is 1. The third-order valence-electron chi connectivity index (χ3n) is 3.08. The Balaban J connectivity index is 2.11. The van der Waals surface area contributed by atoms with Crippen LogP contribution in [-0.2, 0) is 0 Å². The molecule has 0 unspecified atom stereocenters. The Hall–Kier alpha value is -1.68. The van der Waals surface area contributed by atoms with Crippen molar-refractivity contribution < 1.29 is 4.79 Å². The van der Waals surface area contributed by atoms with Crippen LogP contribution in [0.4, 0.5) is 0 Å². The first-order valence-corrected chi connectivity index (χ1v) is 7.67. The molecule has 20 heavy (non-hydrogen) atoms. The van der Waals surface area contributed by atoms with Gasteiger partial charge in [0.05, 0.1) is 6.20 Å². The standard InChI is InChI=1S/C16H20N2OS/c1-4-10-16(2,3)18-14(19)13-11-17-15(20-13)12-8-6-5-7-9-12/h5-9,11H,4,10H2,1-3H3,(H,18,19). The Morgan fingerprint density at radius 3 is 2.65 bits per heavy atom. The summed E-state index contributed by atoms with van der Waals surface area (Å²) in [5.74, 6) is -0.0388. The van der Waals surface area contributed by atoms with Crippen LogP contribution in [0, 0.1) is 0 Å². The van der Waals surface area contributed by atoms with Crippen molar-refractivity contribution in [2.75, 3.05) is 0 Å². The van der Waals surface area contributed by atoms with Gasteiger partial charge in [0.2, 0.25) is 0 Å². The second-order valence-electron chi connectivity index (χ2n) is 5.48. The molecule has 0 bridgehead atoms. The van der Waals surface area contributed by atoms with Gasteiger partial charge in [-0.25, -0.2) is 4.98 Å². The van der Waals surface area contributed by atoms with E-state index in [1.807, 2.05) is 44.2 Å².